The maximum atomic E-state index is 13.3. The van der Waals surface area contributed by atoms with Crippen molar-refractivity contribution in [3.05, 3.63) is 35.0 Å². The molecule has 0 amide bonds. The molecule has 1 aromatic heterocycles. The molecule has 2 aliphatic carbocycles. The van der Waals surface area contributed by atoms with E-state index in [0.29, 0.717) is 23.2 Å². The first-order chi connectivity index (χ1) is 15.7. The highest BCUT2D eigenvalue weighted by Gasteiger charge is 2.43. The second-order valence-corrected chi connectivity index (χ2v) is 10.4. The van der Waals surface area contributed by atoms with E-state index in [1.54, 1.807) is 0 Å². The molecule has 3 aliphatic rings. The van der Waals surface area contributed by atoms with Gasteiger partial charge in [0.1, 0.15) is 0 Å². The van der Waals surface area contributed by atoms with E-state index >= 15 is 0 Å². The van der Waals surface area contributed by atoms with E-state index in [9.17, 15) is 23.1 Å². The Hall–Kier alpha value is -2.06. The van der Waals surface area contributed by atoms with Crippen molar-refractivity contribution in [3.63, 3.8) is 0 Å². The number of nitrogens with one attached hydrogen (secondary N) is 1. The third-order valence-electron chi connectivity index (χ3n) is 8.57. The number of carboxylic acid groups (broad SMARTS) is 1. The Labute approximate surface area is 191 Å². The molecule has 2 heterocycles. The van der Waals surface area contributed by atoms with Crippen LogP contribution in [0.5, 0.6) is 0 Å². The molecule has 1 saturated heterocycles. The Balaban J connectivity index is 1.35. The van der Waals surface area contributed by atoms with Gasteiger partial charge in [-0.2, -0.15) is 13.2 Å². The average Bonchev–Trinajstić information content (AvgIpc) is 3.15. The Kier molecular flexibility index (Phi) is 5.72. The molecule has 1 aliphatic heterocycles. The second kappa shape index (κ2) is 8.31. The molecular formula is C25H32F3N3O2. The van der Waals surface area contributed by atoms with Crippen LogP contribution >= 0.6 is 0 Å². The van der Waals surface area contributed by atoms with E-state index in [2.05, 4.69) is 9.88 Å². The minimum atomic E-state index is -4.39. The van der Waals surface area contributed by atoms with Crippen molar-refractivity contribution in [1.29, 1.82) is 0 Å². The summed E-state index contributed by atoms with van der Waals surface area (Å²) in [5.74, 6) is -0.121. The summed E-state index contributed by atoms with van der Waals surface area (Å²) >= 11 is 0. The molecule has 0 bridgehead atoms. The lowest BCUT2D eigenvalue weighted by Crippen LogP contribution is -2.48. The van der Waals surface area contributed by atoms with Crippen molar-refractivity contribution < 1.29 is 23.1 Å². The minimum Gasteiger partial charge on any atom is -0.481 e. The van der Waals surface area contributed by atoms with Gasteiger partial charge >= 0.3 is 12.1 Å². The maximum Gasteiger partial charge on any atom is 0.416 e. The number of rotatable bonds is 4. The van der Waals surface area contributed by atoms with E-state index in [4.69, 9.17) is 5.73 Å². The number of H-pyrrole nitrogens is 1. The fourth-order valence-corrected chi connectivity index (χ4v) is 6.60. The molecule has 0 spiro atoms. The Morgan fingerprint density at radius 2 is 2.00 bits per heavy atom. The number of fused-ring (bicyclic) bond motifs is 4. The van der Waals surface area contributed by atoms with E-state index in [1.165, 1.54) is 12.1 Å². The Bertz CT molecular complexity index is 1040. The topological polar surface area (TPSA) is 82.4 Å². The van der Waals surface area contributed by atoms with Crippen LogP contribution in [0.1, 0.15) is 67.8 Å². The van der Waals surface area contributed by atoms with E-state index < -0.39 is 23.1 Å². The Morgan fingerprint density at radius 3 is 2.70 bits per heavy atom. The third-order valence-corrected chi connectivity index (χ3v) is 8.57. The summed E-state index contributed by atoms with van der Waals surface area (Å²) in [5, 5.41) is 10.5. The van der Waals surface area contributed by atoms with Gasteiger partial charge < -0.3 is 20.7 Å². The summed E-state index contributed by atoms with van der Waals surface area (Å²) in [6, 6.07) is 3.52. The monoisotopic (exact) mass is 463 g/mol. The van der Waals surface area contributed by atoms with Crippen LogP contribution in [-0.4, -0.2) is 40.6 Å². The van der Waals surface area contributed by atoms with Crippen molar-refractivity contribution in [2.45, 2.75) is 63.6 Å². The smallest absolute Gasteiger partial charge is 0.416 e. The van der Waals surface area contributed by atoms with Gasteiger partial charge in [0.05, 0.1) is 11.0 Å². The fraction of sp³-hybridized carbons (Fsp3) is 0.640. The van der Waals surface area contributed by atoms with Crippen LogP contribution in [0.25, 0.3) is 10.9 Å². The van der Waals surface area contributed by atoms with Crippen LogP contribution in [0.2, 0.25) is 0 Å². The van der Waals surface area contributed by atoms with Gasteiger partial charge in [0.25, 0.3) is 0 Å². The summed E-state index contributed by atoms with van der Waals surface area (Å²) in [4.78, 5) is 17.7. The van der Waals surface area contributed by atoms with Gasteiger partial charge in [-0.3, -0.25) is 4.79 Å². The second-order valence-electron chi connectivity index (χ2n) is 10.4. The number of aromatic nitrogens is 1. The highest BCUT2D eigenvalue weighted by Crippen LogP contribution is 2.46. The molecule has 4 N–H and O–H groups in total. The van der Waals surface area contributed by atoms with Gasteiger partial charge in [-0.25, -0.2) is 0 Å². The molecule has 180 valence electrons. The van der Waals surface area contributed by atoms with Gasteiger partial charge in [0.2, 0.25) is 0 Å². The summed E-state index contributed by atoms with van der Waals surface area (Å²) in [6.45, 7) is 2.42. The van der Waals surface area contributed by atoms with E-state index in [0.717, 1.165) is 81.9 Å². The number of aromatic amines is 1. The lowest BCUT2D eigenvalue weighted by atomic mass is 9.70. The minimum absolute atomic E-state index is 0.159. The first kappa shape index (κ1) is 22.7. The Morgan fingerprint density at radius 1 is 1.24 bits per heavy atom. The number of nitrogens with zero attached hydrogens (tertiary/aromatic N) is 1. The third kappa shape index (κ3) is 4.05. The zero-order chi connectivity index (χ0) is 23.4. The van der Waals surface area contributed by atoms with Gasteiger partial charge in [-0.15, -0.1) is 0 Å². The predicted octanol–water partition coefficient (Wildman–Crippen LogP) is 5.11. The number of carboxylic acids is 1. The normalized spacial score (nSPS) is 27.8. The first-order valence-corrected chi connectivity index (χ1v) is 12.1. The molecule has 5 rings (SSSR count). The molecule has 0 radical (unpaired) electrons. The van der Waals surface area contributed by atoms with Crippen LogP contribution < -0.4 is 5.73 Å². The summed E-state index contributed by atoms with van der Waals surface area (Å²) < 4.78 is 39.9. The SMILES string of the molecule is N[C@H]1c2c([nH]c3ccc(C(F)(F)F)cc23)CC2CCN(CCC3(C(=O)O)CCCCC3)C[C@@H]21. The molecule has 2 aromatic rings. The van der Waals surface area contributed by atoms with Crippen molar-refractivity contribution in [2.75, 3.05) is 19.6 Å². The quantitative estimate of drug-likeness (QED) is 0.589. The highest BCUT2D eigenvalue weighted by atomic mass is 19.4. The van der Waals surface area contributed by atoms with Crippen molar-refractivity contribution in [3.8, 4) is 0 Å². The average molecular weight is 464 g/mol. The van der Waals surface area contributed by atoms with Gasteiger partial charge in [0.15, 0.2) is 0 Å². The predicted molar refractivity (Wildman–Crippen MR) is 120 cm³/mol. The number of alkyl halides is 3. The zero-order valence-electron chi connectivity index (χ0n) is 18.8. The number of hydrogen-bond donors (Lipinski definition) is 3. The molecule has 3 atom stereocenters. The molecule has 1 aromatic carbocycles. The van der Waals surface area contributed by atoms with Crippen LogP contribution in [0.3, 0.4) is 0 Å². The molecule has 1 unspecified atom stereocenters. The number of hydrogen-bond acceptors (Lipinski definition) is 3. The standard InChI is InChI=1S/C25H32F3N3O2/c26-25(27,28)16-4-5-19-17(13-16)21-20(30-19)12-15-6-10-31(14-18(15)22(21)29)11-9-24(23(32)33)7-2-1-3-8-24/h4-5,13,15,18,22,30H,1-3,6-12,14,29H2,(H,32,33)/t15?,18-,22+/m0/s1. The van der Waals surface area contributed by atoms with Crippen LogP contribution in [0.4, 0.5) is 13.2 Å². The number of aliphatic carboxylic acids is 1. The summed E-state index contributed by atoms with van der Waals surface area (Å²) in [7, 11) is 0. The highest BCUT2D eigenvalue weighted by molar-refractivity contribution is 5.86. The lowest BCUT2D eigenvalue weighted by Gasteiger charge is -2.45. The van der Waals surface area contributed by atoms with E-state index in [-0.39, 0.29) is 12.0 Å². The first-order valence-electron chi connectivity index (χ1n) is 12.1. The molecule has 2 fully saturated rings. The van der Waals surface area contributed by atoms with Crippen molar-refractivity contribution >= 4 is 16.9 Å². The summed E-state index contributed by atoms with van der Waals surface area (Å²) in [6.07, 6.45) is 2.61. The number of piperidine rings is 1. The lowest BCUT2D eigenvalue weighted by molar-refractivity contribution is -0.152. The number of halogens is 3. The molecule has 8 heteroatoms. The number of likely N-dealkylation sites (tertiary alicyclic amines) is 1. The van der Waals surface area contributed by atoms with Gasteiger partial charge in [-0.05, 0) is 80.8 Å². The van der Waals surface area contributed by atoms with Crippen LogP contribution in [0.15, 0.2) is 18.2 Å². The molecule has 1 saturated carbocycles. The fourth-order valence-electron chi connectivity index (χ4n) is 6.60. The largest absolute Gasteiger partial charge is 0.481 e. The van der Waals surface area contributed by atoms with E-state index in [1.807, 2.05) is 0 Å². The number of benzene rings is 1. The molecule has 33 heavy (non-hydrogen) atoms. The van der Waals surface area contributed by atoms with Gasteiger partial charge in [0, 0.05) is 29.2 Å². The summed E-state index contributed by atoms with van der Waals surface area (Å²) in [5.41, 5.74) is 7.97. The molecular weight excluding hydrogens is 431 g/mol. The zero-order valence-corrected chi connectivity index (χ0v) is 18.8. The van der Waals surface area contributed by atoms with Gasteiger partial charge in [-0.1, -0.05) is 19.3 Å². The number of nitrogens with two attached hydrogens (primary N) is 1. The van der Waals surface area contributed by atoms with Crippen LogP contribution in [0, 0.1) is 17.3 Å². The number of carbonyl (C=O) groups is 1. The van der Waals surface area contributed by atoms with Crippen molar-refractivity contribution in [1.82, 2.24) is 9.88 Å². The van der Waals surface area contributed by atoms with Crippen LogP contribution in [-0.2, 0) is 17.4 Å². The van der Waals surface area contributed by atoms with Crippen molar-refractivity contribution in [2.24, 2.45) is 23.0 Å². The maximum absolute atomic E-state index is 13.3. The molecule has 5 nitrogen and oxygen atoms in total.